The second-order valence-electron chi connectivity index (χ2n) is 4.49. The molecule has 1 amide bonds. The molecule has 1 aliphatic heterocycles. The van der Waals surface area contributed by atoms with Crippen LogP contribution in [0, 0.1) is 5.92 Å². The molecule has 1 fully saturated rings. The van der Waals surface area contributed by atoms with Gasteiger partial charge in [0.05, 0.1) is 12.6 Å². The normalized spacial score (nSPS) is 23.8. The molecule has 1 saturated heterocycles. The average molecular weight is 235 g/mol. The summed E-state index contributed by atoms with van der Waals surface area (Å²) in [4.78, 5) is 13.3. The number of aliphatic hydroxyl groups excluding tert-OH is 1. The monoisotopic (exact) mass is 235 g/mol. The lowest BCUT2D eigenvalue weighted by Crippen LogP contribution is -2.30. The highest BCUT2D eigenvalue weighted by Gasteiger charge is 2.31. The van der Waals surface area contributed by atoms with Gasteiger partial charge in [-0.3, -0.25) is 0 Å². The third-order valence-electron chi connectivity index (χ3n) is 3.04. The molecule has 2 rings (SSSR count). The summed E-state index contributed by atoms with van der Waals surface area (Å²) in [6.45, 7) is 3.14. The zero-order valence-electron chi connectivity index (χ0n) is 9.87. The molecular weight excluding hydrogens is 218 g/mol. The minimum Gasteiger partial charge on any atom is -0.445 e. The highest BCUT2D eigenvalue weighted by atomic mass is 16.6. The van der Waals surface area contributed by atoms with Gasteiger partial charge in [0.15, 0.2) is 0 Å². The molecule has 92 valence electrons. The van der Waals surface area contributed by atoms with E-state index in [2.05, 4.69) is 0 Å². The highest BCUT2D eigenvalue weighted by Crippen LogP contribution is 2.17. The van der Waals surface area contributed by atoms with Crippen molar-refractivity contribution < 1.29 is 14.6 Å². The van der Waals surface area contributed by atoms with E-state index in [4.69, 9.17) is 4.74 Å². The number of benzene rings is 1. The van der Waals surface area contributed by atoms with Gasteiger partial charge in [-0.1, -0.05) is 37.3 Å². The summed E-state index contributed by atoms with van der Waals surface area (Å²) >= 11 is 0. The van der Waals surface area contributed by atoms with Crippen LogP contribution in [0.2, 0.25) is 0 Å². The zero-order valence-corrected chi connectivity index (χ0v) is 9.87. The van der Waals surface area contributed by atoms with E-state index in [0.29, 0.717) is 13.1 Å². The van der Waals surface area contributed by atoms with Gasteiger partial charge in [-0.15, -0.1) is 0 Å². The lowest BCUT2D eigenvalue weighted by atomic mass is 10.1. The zero-order chi connectivity index (χ0) is 12.3. The number of hydrogen-bond donors (Lipinski definition) is 1. The summed E-state index contributed by atoms with van der Waals surface area (Å²) < 4.78 is 5.18. The van der Waals surface area contributed by atoms with Crippen LogP contribution in [-0.2, 0) is 11.3 Å². The maximum atomic E-state index is 11.7. The first-order chi connectivity index (χ1) is 8.16. The van der Waals surface area contributed by atoms with Crippen LogP contribution in [0.1, 0.15) is 12.5 Å². The molecule has 17 heavy (non-hydrogen) atoms. The molecule has 0 aliphatic carbocycles. The van der Waals surface area contributed by atoms with Crippen molar-refractivity contribution in [1.82, 2.24) is 4.90 Å². The molecule has 1 N–H and O–H groups in total. The number of aliphatic hydroxyl groups is 1. The quantitative estimate of drug-likeness (QED) is 0.847. The van der Waals surface area contributed by atoms with E-state index in [-0.39, 0.29) is 18.6 Å². The number of carbonyl (C=O) groups excluding carboxylic acids is 1. The maximum absolute atomic E-state index is 11.7. The number of carbonyl (C=O) groups is 1. The topological polar surface area (TPSA) is 49.8 Å². The van der Waals surface area contributed by atoms with Gasteiger partial charge in [-0.2, -0.15) is 0 Å². The van der Waals surface area contributed by atoms with E-state index in [1.54, 1.807) is 4.90 Å². The van der Waals surface area contributed by atoms with Gasteiger partial charge in [0.1, 0.15) is 6.61 Å². The summed E-state index contributed by atoms with van der Waals surface area (Å²) in [5.74, 6) is 0.124. The number of ether oxygens (including phenoxy) is 1. The molecule has 0 unspecified atom stereocenters. The van der Waals surface area contributed by atoms with Gasteiger partial charge in [0, 0.05) is 12.5 Å². The molecule has 1 aliphatic rings. The van der Waals surface area contributed by atoms with E-state index in [1.807, 2.05) is 37.3 Å². The Balaban J connectivity index is 1.82. The Morgan fingerprint density at radius 3 is 2.71 bits per heavy atom. The Kier molecular flexibility index (Phi) is 3.64. The minimum absolute atomic E-state index is 0.124. The fraction of sp³-hybridized carbons (Fsp3) is 0.462. The lowest BCUT2D eigenvalue weighted by molar-refractivity contribution is 0.0968. The third kappa shape index (κ3) is 2.97. The molecule has 4 nitrogen and oxygen atoms in total. The number of rotatable bonds is 2. The van der Waals surface area contributed by atoms with E-state index >= 15 is 0 Å². The van der Waals surface area contributed by atoms with Gasteiger partial charge in [-0.25, -0.2) is 4.79 Å². The average Bonchev–Trinajstić information content (AvgIpc) is 2.68. The molecule has 2 atom stereocenters. The Labute approximate surface area is 101 Å². The van der Waals surface area contributed by atoms with Gasteiger partial charge < -0.3 is 14.7 Å². The van der Waals surface area contributed by atoms with Crippen molar-refractivity contribution in [2.45, 2.75) is 19.6 Å². The predicted molar refractivity (Wildman–Crippen MR) is 63.4 cm³/mol. The SMILES string of the molecule is C[C@H]1CN(C(=O)OCc2ccccc2)C[C@@H]1O. The van der Waals surface area contributed by atoms with Crippen LogP contribution in [0.5, 0.6) is 0 Å². The molecule has 1 aromatic carbocycles. The minimum atomic E-state index is -0.431. The third-order valence-corrected chi connectivity index (χ3v) is 3.04. The highest BCUT2D eigenvalue weighted by molar-refractivity contribution is 5.68. The van der Waals surface area contributed by atoms with Gasteiger partial charge in [0.25, 0.3) is 0 Å². The van der Waals surface area contributed by atoms with Crippen LogP contribution in [-0.4, -0.2) is 35.3 Å². The van der Waals surface area contributed by atoms with Crippen molar-refractivity contribution in [2.75, 3.05) is 13.1 Å². The predicted octanol–water partition coefficient (Wildman–Crippen LogP) is 1.64. The fourth-order valence-electron chi connectivity index (χ4n) is 1.91. The summed E-state index contributed by atoms with van der Waals surface area (Å²) in [5.41, 5.74) is 0.966. The molecule has 1 aromatic rings. The van der Waals surface area contributed by atoms with E-state index in [1.165, 1.54) is 0 Å². The van der Waals surface area contributed by atoms with Crippen LogP contribution < -0.4 is 0 Å². The summed E-state index contributed by atoms with van der Waals surface area (Å²) in [6.07, 6.45) is -0.781. The van der Waals surface area contributed by atoms with Gasteiger partial charge >= 0.3 is 6.09 Å². The molecule has 0 saturated carbocycles. The van der Waals surface area contributed by atoms with Crippen molar-refractivity contribution in [2.24, 2.45) is 5.92 Å². The Hall–Kier alpha value is -1.55. The molecule has 0 bridgehead atoms. The number of hydrogen-bond acceptors (Lipinski definition) is 3. The number of likely N-dealkylation sites (tertiary alicyclic amines) is 1. The largest absolute Gasteiger partial charge is 0.445 e. The molecule has 4 heteroatoms. The smallest absolute Gasteiger partial charge is 0.410 e. The number of β-amino-alcohol motifs (C(OH)–C–C–N with tert-alkyl or cyclic N) is 1. The van der Waals surface area contributed by atoms with Gasteiger partial charge in [-0.05, 0) is 5.56 Å². The van der Waals surface area contributed by atoms with Crippen LogP contribution >= 0.6 is 0 Å². The first-order valence-corrected chi connectivity index (χ1v) is 5.80. The Morgan fingerprint density at radius 1 is 1.41 bits per heavy atom. The number of amides is 1. The van der Waals surface area contributed by atoms with Crippen LogP contribution in [0.4, 0.5) is 4.79 Å². The first kappa shape index (κ1) is 11.9. The van der Waals surface area contributed by atoms with Crippen molar-refractivity contribution in [3.8, 4) is 0 Å². The van der Waals surface area contributed by atoms with E-state index in [9.17, 15) is 9.90 Å². The van der Waals surface area contributed by atoms with Crippen molar-refractivity contribution in [3.63, 3.8) is 0 Å². The van der Waals surface area contributed by atoms with Crippen LogP contribution in [0.3, 0.4) is 0 Å². The summed E-state index contributed by atoms with van der Waals surface area (Å²) in [7, 11) is 0. The van der Waals surface area contributed by atoms with E-state index < -0.39 is 6.10 Å². The van der Waals surface area contributed by atoms with Crippen molar-refractivity contribution >= 4 is 6.09 Å². The lowest BCUT2D eigenvalue weighted by Gasteiger charge is -2.15. The fourth-order valence-corrected chi connectivity index (χ4v) is 1.91. The summed E-state index contributed by atoms with van der Waals surface area (Å²) in [5, 5.41) is 9.55. The molecule has 0 radical (unpaired) electrons. The first-order valence-electron chi connectivity index (χ1n) is 5.80. The second-order valence-corrected chi connectivity index (χ2v) is 4.49. The second kappa shape index (κ2) is 5.19. The molecule has 1 heterocycles. The van der Waals surface area contributed by atoms with Crippen LogP contribution in [0.25, 0.3) is 0 Å². The molecular formula is C13H17NO3. The molecule has 0 spiro atoms. The number of nitrogens with zero attached hydrogens (tertiary/aromatic N) is 1. The summed E-state index contributed by atoms with van der Waals surface area (Å²) in [6, 6.07) is 9.56. The Morgan fingerprint density at radius 2 is 2.12 bits per heavy atom. The molecule has 0 aromatic heterocycles. The van der Waals surface area contributed by atoms with Crippen LogP contribution in [0.15, 0.2) is 30.3 Å². The maximum Gasteiger partial charge on any atom is 0.410 e. The van der Waals surface area contributed by atoms with Crippen molar-refractivity contribution in [1.29, 1.82) is 0 Å². The van der Waals surface area contributed by atoms with Crippen molar-refractivity contribution in [3.05, 3.63) is 35.9 Å². The standard InChI is InChI=1S/C13H17NO3/c1-10-7-14(8-12(10)15)13(16)17-9-11-5-3-2-4-6-11/h2-6,10,12,15H,7-9H2,1H3/t10-,12-/m0/s1. The van der Waals surface area contributed by atoms with E-state index in [0.717, 1.165) is 5.56 Å². The Bertz CT molecular complexity index is 370. The van der Waals surface area contributed by atoms with Gasteiger partial charge in [0.2, 0.25) is 0 Å².